The van der Waals surface area contributed by atoms with Crippen molar-refractivity contribution in [1.82, 2.24) is 5.32 Å². The van der Waals surface area contributed by atoms with Gasteiger partial charge in [-0.3, -0.25) is 4.79 Å². The van der Waals surface area contributed by atoms with E-state index in [0.717, 1.165) is 19.3 Å². The molecule has 2 aliphatic rings. The molecule has 1 aromatic rings. The van der Waals surface area contributed by atoms with Gasteiger partial charge in [0, 0.05) is 11.6 Å². The highest BCUT2D eigenvalue weighted by molar-refractivity contribution is 5.78. The van der Waals surface area contributed by atoms with Crippen LogP contribution < -0.4 is 11.1 Å². The van der Waals surface area contributed by atoms with Gasteiger partial charge in [-0.1, -0.05) is 63.8 Å². The van der Waals surface area contributed by atoms with E-state index in [1.54, 1.807) is 0 Å². The molecule has 0 unspecified atom stereocenters. The zero-order valence-corrected chi connectivity index (χ0v) is 15.2. The van der Waals surface area contributed by atoms with Crippen LogP contribution in [0.25, 0.3) is 0 Å². The van der Waals surface area contributed by atoms with Crippen LogP contribution in [0.2, 0.25) is 0 Å². The minimum Gasteiger partial charge on any atom is -0.369 e. The van der Waals surface area contributed by atoms with Gasteiger partial charge < -0.3 is 11.1 Å². The van der Waals surface area contributed by atoms with Gasteiger partial charge in [0.05, 0.1) is 5.92 Å². The monoisotopic (exact) mass is 328 g/mol. The normalized spacial score (nSPS) is 23.9. The molecule has 3 N–H and O–H groups in total. The van der Waals surface area contributed by atoms with Gasteiger partial charge in [-0.2, -0.15) is 0 Å². The third-order valence-electron chi connectivity index (χ3n) is 6.01. The van der Waals surface area contributed by atoms with E-state index in [1.807, 2.05) is 0 Å². The molecule has 0 aromatic heterocycles. The average Bonchev–Trinajstić information content (AvgIpc) is 2.55. The number of amides is 1. The van der Waals surface area contributed by atoms with Crippen LogP contribution in [0.3, 0.4) is 0 Å². The summed E-state index contributed by atoms with van der Waals surface area (Å²) in [5, 5.41) is 3.93. The van der Waals surface area contributed by atoms with E-state index >= 15 is 0 Å². The maximum Gasteiger partial charge on any atom is 0.222 e. The lowest BCUT2D eigenvalue weighted by Crippen LogP contribution is -2.56. The lowest BCUT2D eigenvalue weighted by atomic mass is 9.70. The summed E-state index contributed by atoms with van der Waals surface area (Å²) in [6.45, 7) is 4.42. The summed E-state index contributed by atoms with van der Waals surface area (Å²) >= 11 is 0. The SMILES string of the molecule is CC(C)CC[C@H](C(N)=O)[C@@H]1NC2(CCCCC2)Cc2ccccc21. The van der Waals surface area contributed by atoms with Crippen molar-refractivity contribution < 1.29 is 4.79 Å². The number of rotatable bonds is 5. The first-order chi connectivity index (χ1) is 11.5. The van der Waals surface area contributed by atoms with Gasteiger partial charge in [0.1, 0.15) is 0 Å². The van der Waals surface area contributed by atoms with Gasteiger partial charge in [0.2, 0.25) is 5.91 Å². The minimum atomic E-state index is -0.157. The number of carbonyl (C=O) groups is 1. The molecular weight excluding hydrogens is 296 g/mol. The molecule has 132 valence electrons. The third-order valence-corrected chi connectivity index (χ3v) is 6.01. The molecule has 0 bridgehead atoms. The van der Waals surface area contributed by atoms with Crippen molar-refractivity contribution in [2.75, 3.05) is 0 Å². The highest BCUT2D eigenvalue weighted by Gasteiger charge is 2.42. The Morgan fingerprint density at radius 3 is 2.58 bits per heavy atom. The standard InChI is InChI=1S/C21H32N2O/c1-15(2)10-11-18(20(22)24)19-17-9-5-4-8-16(17)14-21(23-19)12-6-3-7-13-21/h4-5,8-9,15,18-19,23H,3,6-7,10-14H2,1-2H3,(H2,22,24)/t18-,19+/m0/s1. The van der Waals surface area contributed by atoms with Crippen LogP contribution in [0.1, 0.15) is 76.0 Å². The van der Waals surface area contributed by atoms with Crippen LogP contribution >= 0.6 is 0 Å². The van der Waals surface area contributed by atoms with Crippen LogP contribution in [0.4, 0.5) is 0 Å². The molecule has 0 saturated heterocycles. The summed E-state index contributed by atoms with van der Waals surface area (Å²) in [7, 11) is 0. The topological polar surface area (TPSA) is 55.1 Å². The van der Waals surface area contributed by atoms with Crippen LogP contribution in [0, 0.1) is 11.8 Å². The summed E-state index contributed by atoms with van der Waals surface area (Å²) in [5.74, 6) is 0.317. The summed E-state index contributed by atoms with van der Waals surface area (Å²) < 4.78 is 0. The van der Waals surface area contributed by atoms with Crippen LogP contribution in [0.5, 0.6) is 0 Å². The number of nitrogens with one attached hydrogen (secondary N) is 1. The predicted octanol–water partition coefficient (Wildman–Crippen LogP) is 4.11. The van der Waals surface area contributed by atoms with E-state index in [0.29, 0.717) is 5.92 Å². The number of benzene rings is 1. The fraction of sp³-hybridized carbons (Fsp3) is 0.667. The first-order valence-electron chi connectivity index (χ1n) is 9.65. The number of hydrogen-bond donors (Lipinski definition) is 2. The molecule has 3 heteroatoms. The molecule has 24 heavy (non-hydrogen) atoms. The van der Waals surface area contributed by atoms with Gasteiger partial charge in [-0.05, 0) is 42.7 Å². The molecule has 1 saturated carbocycles. The molecule has 1 fully saturated rings. The van der Waals surface area contributed by atoms with Gasteiger partial charge in [0.25, 0.3) is 0 Å². The predicted molar refractivity (Wildman–Crippen MR) is 98.6 cm³/mol. The van der Waals surface area contributed by atoms with Gasteiger partial charge >= 0.3 is 0 Å². The second-order valence-electron chi connectivity index (χ2n) is 8.32. The molecule has 0 radical (unpaired) electrons. The molecule has 3 rings (SSSR count). The van der Waals surface area contributed by atoms with Crippen molar-refractivity contribution in [2.45, 2.75) is 76.8 Å². The van der Waals surface area contributed by atoms with Gasteiger partial charge in [-0.25, -0.2) is 0 Å². The Kier molecular flexibility index (Phi) is 5.29. The Morgan fingerprint density at radius 2 is 1.92 bits per heavy atom. The van der Waals surface area contributed by atoms with Crippen LogP contribution in [0.15, 0.2) is 24.3 Å². The number of hydrogen-bond acceptors (Lipinski definition) is 2. The van der Waals surface area contributed by atoms with E-state index in [2.05, 4.69) is 43.4 Å². The maximum absolute atomic E-state index is 12.3. The maximum atomic E-state index is 12.3. The molecule has 1 aliphatic carbocycles. The first-order valence-corrected chi connectivity index (χ1v) is 9.65. The number of primary amides is 1. The Bertz CT molecular complexity index is 575. The molecule has 1 amide bonds. The quantitative estimate of drug-likeness (QED) is 0.854. The zero-order chi connectivity index (χ0) is 17.2. The largest absolute Gasteiger partial charge is 0.369 e. The van der Waals surface area contributed by atoms with Crippen LogP contribution in [-0.2, 0) is 11.2 Å². The van der Waals surface area contributed by atoms with Crippen molar-refractivity contribution in [3.05, 3.63) is 35.4 Å². The Morgan fingerprint density at radius 1 is 1.21 bits per heavy atom. The van der Waals surface area contributed by atoms with Crippen molar-refractivity contribution in [1.29, 1.82) is 0 Å². The lowest BCUT2D eigenvalue weighted by Gasteiger charge is -2.47. The van der Waals surface area contributed by atoms with E-state index in [-0.39, 0.29) is 23.4 Å². The minimum absolute atomic E-state index is 0.0734. The van der Waals surface area contributed by atoms with E-state index in [1.165, 1.54) is 43.2 Å². The molecule has 1 aliphatic heterocycles. The fourth-order valence-corrected chi connectivity index (χ4v) is 4.67. The van der Waals surface area contributed by atoms with Crippen LogP contribution in [-0.4, -0.2) is 11.4 Å². The second kappa shape index (κ2) is 7.26. The summed E-state index contributed by atoms with van der Waals surface area (Å²) in [6.07, 6.45) is 9.35. The second-order valence-corrected chi connectivity index (χ2v) is 8.32. The summed E-state index contributed by atoms with van der Waals surface area (Å²) in [6, 6.07) is 8.73. The number of carbonyl (C=O) groups excluding carboxylic acids is 1. The molecule has 1 aromatic carbocycles. The van der Waals surface area contributed by atoms with E-state index in [4.69, 9.17) is 5.73 Å². The molecule has 1 heterocycles. The van der Waals surface area contributed by atoms with Crippen molar-refractivity contribution >= 4 is 5.91 Å². The smallest absolute Gasteiger partial charge is 0.222 e. The summed E-state index contributed by atoms with van der Waals surface area (Å²) in [4.78, 5) is 12.3. The Labute approximate surface area is 146 Å². The van der Waals surface area contributed by atoms with E-state index in [9.17, 15) is 4.79 Å². The summed E-state index contributed by atoms with van der Waals surface area (Å²) in [5.41, 5.74) is 8.73. The number of fused-ring (bicyclic) bond motifs is 1. The molecular formula is C21H32N2O. The Balaban J connectivity index is 1.92. The van der Waals surface area contributed by atoms with E-state index < -0.39 is 0 Å². The zero-order valence-electron chi connectivity index (χ0n) is 15.2. The average molecular weight is 328 g/mol. The molecule has 2 atom stereocenters. The Hall–Kier alpha value is -1.35. The van der Waals surface area contributed by atoms with Crippen molar-refractivity contribution in [2.24, 2.45) is 17.6 Å². The van der Waals surface area contributed by atoms with Gasteiger partial charge in [0.15, 0.2) is 0 Å². The fourth-order valence-electron chi connectivity index (χ4n) is 4.67. The third kappa shape index (κ3) is 3.66. The lowest BCUT2D eigenvalue weighted by molar-refractivity contribution is -0.123. The highest BCUT2D eigenvalue weighted by Crippen LogP contribution is 2.42. The highest BCUT2D eigenvalue weighted by atomic mass is 16.1. The molecule has 1 spiro atoms. The first kappa shape index (κ1) is 17.5. The van der Waals surface area contributed by atoms with Gasteiger partial charge in [-0.15, -0.1) is 0 Å². The molecule has 3 nitrogen and oxygen atoms in total. The number of nitrogens with two attached hydrogens (primary N) is 1. The van der Waals surface area contributed by atoms with Crippen molar-refractivity contribution in [3.8, 4) is 0 Å². The van der Waals surface area contributed by atoms with Crippen molar-refractivity contribution in [3.63, 3.8) is 0 Å².